The summed E-state index contributed by atoms with van der Waals surface area (Å²) in [5.74, 6) is -4.58. The van der Waals surface area contributed by atoms with Crippen molar-refractivity contribution in [3.8, 4) is 0 Å². The van der Waals surface area contributed by atoms with Crippen molar-refractivity contribution in [1.29, 1.82) is 0 Å². The van der Waals surface area contributed by atoms with Gasteiger partial charge in [0.2, 0.25) is 5.79 Å². The Kier molecular flexibility index (Phi) is 14.5. The van der Waals surface area contributed by atoms with Crippen LogP contribution in [0.3, 0.4) is 0 Å². The molecular formula is C24H41NO11. The van der Waals surface area contributed by atoms with Crippen LogP contribution in [0.1, 0.15) is 53.0 Å². The van der Waals surface area contributed by atoms with Gasteiger partial charge < -0.3 is 47.7 Å². The molecule has 208 valence electrons. The van der Waals surface area contributed by atoms with E-state index in [1.54, 1.807) is 53.7 Å². The molecule has 0 spiro atoms. The average molecular weight is 520 g/mol. The first-order valence-electron chi connectivity index (χ1n) is 11.6. The average Bonchev–Trinajstić information content (AvgIpc) is 2.82. The summed E-state index contributed by atoms with van der Waals surface area (Å²) in [6.07, 6.45) is -1.67. The second-order valence-electron chi connectivity index (χ2n) is 7.93. The van der Waals surface area contributed by atoms with Crippen LogP contribution in [-0.2, 0) is 47.4 Å². The van der Waals surface area contributed by atoms with Gasteiger partial charge in [0.15, 0.2) is 37.7 Å². The zero-order valence-corrected chi connectivity index (χ0v) is 22.5. The summed E-state index contributed by atoms with van der Waals surface area (Å²) in [7, 11) is 4.43. The largest absolute Gasteiger partial charge is 0.481 e. The molecule has 0 fully saturated rings. The number of carboxylic acid groups (broad SMARTS) is 1. The zero-order chi connectivity index (χ0) is 27.3. The highest BCUT2D eigenvalue weighted by atomic mass is 16.9. The lowest BCUT2D eigenvalue weighted by Crippen LogP contribution is -2.54. The molecule has 7 unspecified atom stereocenters. The molecule has 0 aromatic carbocycles. The van der Waals surface area contributed by atoms with Gasteiger partial charge in [0.25, 0.3) is 0 Å². The van der Waals surface area contributed by atoms with Crippen molar-refractivity contribution in [2.24, 2.45) is 0 Å². The van der Waals surface area contributed by atoms with Gasteiger partial charge in [-0.05, 0) is 59.2 Å². The van der Waals surface area contributed by atoms with Gasteiger partial charge in [-0.15, -0.1) is 0 Å². The molecule has 0 aliphatic carbocycles. The third-order valence-corrected chi connectivity index (χ3v) is 5.12. The third kappa shape index (κ3) is 10.7. The number of aromatic nitrogens is 1. The molecule has 1 N–H and O–H groups in total. The van der Waals surface area contributed by atoms with Crippen LogP contribution >= 0.6 is 0 Å². The quantitative estimate of drug-likeness (QED) is 0.269. The monoisotopic (exact) mass is 519 g/mol. The maximum Gasteiger partial charge on any atom is 0.316 e. The topological polar surface area (TPSA) is 133 Å². The predicted octanol–water partition coefficient (Wildman–Crippen LogP) is 3.06. The van der Waals surface area contributed by atoms with E-state index in [0.29, 0.717) is 5.56 Å². The molecule has 0 aliphatic rings. The highest BCUT2D eigenvalue weighted by Crippen LogP contribution is 2.37. The van der Waals surface area contributed by atoms with Gasteiger partial charge in [-0.1, -0.05) is 0 Å². The Morgan fingerprint density at radius 2 is 1.19 bits per heavy atom. The van der Waals surface area contributed by atoms with Crippen LogP contribution in [0.2, 0.25) is 0 Å². The number of rotatable bonds is 19. The highest BCUT2D eigenvalue weighted by molar-refractivity contribution is 5.77. The van der Waals surface area contributed by atoms with E-state index in [9.17, 15) is 9.90 Å². The van der Waals surface area contributed by atoms with E-state index in [0.717, 1.165) is 0 Å². The van der Waals surface area contributed by atoms with E-state index < -0.39 is 55.4 Å². The van der Waals surface area contributed by atoms with Gasteiger partial charge in [-0.25, -0.2) is 0 Å². The van der Waals surface area contributed by atoms with Gasteiger partial charge in [-0.2, -0.15) is 0 Å². The molecule has 0 bridgehead atoms. The Hall–Kier alpha value is -1.74. The summed E-state index contributed by atoms with van der Waals surface area (Å²) < 4.78 is 50.7. The minimum absolute atomic E-state index is 0.360. The summed E-state index contributed by atoms with van der Waals surface area (Å²) in [5, 5.41) is 10.4. The molecular weight excluding hydrogens is 478 g/mol. The number of nitrogens with zero attached hydrogens (tertiary/aromatic N) is 1. The summed E-state index contributed by atoms with van der Waals surface area (Å²) in [4.78, 5) is 16.7. The number of aliphatic carboxylic acids is 1. The van der Waals surface area contributed by atoms with E-state index in [1.165, 1.54) is 33.7 Å². The van der Waals surface area contributed by atoms with Gasteiger partial charge in [0.1, 0.15) is 12.5 Å². The maximum absolute atomic E-state index is 12.7. The Morgan fingerprint density at radius 1 is 0.778 bits per heavy atom. The lowest BCUT2D eigenvalue weighted by molar-refractivity contribution is -0.392. The molecule has 0 aliphatic heterocycles. The highest BCUT2D eigenvalue weighted by Gasteiger charge is 2.50. The Bertz CT molecular complexity index is 718. The predicted molar refractivity (Wildman–Crippen MR) is 127 cm³/mol. The third-order valence-electron chi connectivity index (χ3n) is 5.12. The van der Waals surface area contributed by atoms with Crippen LogP contribution in [0.25, 0.3) is 0 Å². The number of carboxylic acids is 1. The number of methoxy groups -OCH3 is 3. The van der Waals surface area contributed by atoms with Crippen molar-refractivity contribution in [2.75, 3.05) is 27.9 Å². The molecule has 1 aromatic heterocycles. The molecule has 12 nitrogen and oxygen atoms in total. The van der Waals surface area contributed by atoms with Crippen molar-refractivity contribution >= 4 is 5.97 Å². The Morgan fingerprint density at radius 3 is 1.58 bits per heavy atom. The first-order valence-corrected chi connectivity index (χ1v) is 11.6. The SMILES string of the molecule is COC(C)OC(C)OCC(OC(C)OC(C)OC)(OC(C)OC(C)OC)C(C(=O)O)c1ccncc1. The lowest BCUT2D eigenvalue weighted by atomic mass is 9.91. The molecule has 0 radical (unpaired) electrons. The fourth-order valence-electron chi connectivity index (χ4n) is 3.32. The molecule has 1 heterocycles. The van der Waals surface area contributed by atoms with E-state index in [1.807, 2.05) is 0 Å². The number of pyridine rings is 1. The molecule has 1 aromatic rings. The second kappa shape index (κ2) is 16.2. The summed E-state index contributed by atoms with van der Waals surface area (Å²) in [6.45, 7) is 9.48. The van der Waals surface area contributed by atoms with Gasteiger partial charge in [-0.3, -0.25) is 9.78 Å². The summed E-state index contributed by atoms with van der Waals surface area (Å²) in [6, 6.07) is 3.11. The molecule has 7 atom stereocenters. The Labute approximate surface area is 213 Å². The van der Waals surface area contributed by atoms with E-state index in [2.05, 4.69) is 4.98 Å². The van der Waals surface area contributed by atoms with Gasteiger partial charge in [0.05, 0.1) is 0 Å². The molecule has 12 heteroatoms. The lowest BCUT2D eigenvalue weighted by Gasteiger charge is -2.42. The minimum Gasteiger partial charge on any atom is -0.481 e. The first kappa shape index (κ1) is 32.3. The molecule has 1 rings (SSSR count). The molecule has 0 saturated heterocycles. The number of hydrogen-bond acceptors (Lipinski definition) is 11. The fraction of sp³-hybridized carbons (Fsp3) is 0.750. The van der Waals surface area contributed by atoms with Crippen LogP contribution in [0.15, 0.2) is 24.5 Å². The standard InChI is InChI=1S/C24H41NO11/c1-15(28-7)32-18(4)31-14-24(35-19(5)33-16(2)29-8,36-20(6)34-17(3)30-9)22(23(26)27)21-10-12-25-13-11-21/h10-13,15-20,22H,14H2,1-9H3,(H,26,27). The molecule has 36 heavy (non-hydrogen) atoms. The summed E-state index contributed by atoms with van der Waals surface area (Å²) in [5.41, 5.74) is 0.360. The van der Waals surface area contributed by atoms with Crippen LogP contribution in [0.5, 0.6) is 0 Å². The van der Waals surface area contributed by atoms with Crippen molar-refractivity contribution in [3.63, 3.8) is 0 Å². The van der Waals surface area contributed by atoms with Crippen molar-refractivity contribution < 1.29 is 52.5 Å². The smallest absolute Gasteiger partial charge is 0.316 e. The summed E-state index contributed by atoms with van der Waals surface area (Å²) >= 11 is 0. The van der Waals surface area contributed by atoms with Gasteiger partial charge >= 0.3 is 5.97 Å². The molecule has 0 saturated carbocycles. The van der Waals surface area contributed by atoms with E-state index in [4.69, 9.17) is 42.6 Å². The normalized spacial score (nSPS) is 19.5. The van der Waals surface area contributed by atoms with Crippen LogP contribution < -0.4 is 0 Å². The van der Waals surface area contributed by atoms with Crippen molar-refractivity contribution in [2.45, 2.75) is 91.0 Å². The number of carbonyl (C=O) groups is 1. The minimum atomic E-state index is -1.96. The maximum atomic E-state index is 12.7. The van der Waals surface area contributed by atoms with Crippen molar-refractivity contribution in [3.05, 3.63) is 30.1 Å². The number of hydrogen-bond donors (Lipinski definition) is 1. The first-order chi connectivity index (χ1) is 17.0. The van der Waals surface area contributed by atoms with Crippen molar-refractivity contribution in [1.82, 2.24) is 4.98 Å². The van der Waals surface area contributed by atoms with Crippen LogP contribution in [0.4, 0.5) is 0 Å². The fourth-order valence-corrected chi connectivity index (χ4v) is 3.32. The van der Waals surface area contributed by atoms with E-state index >= 15 is 0 Å². The Balaban J connectivity index is 3.50. The number of ether oxygens (including phenoxy) is 9. The zero-order valence-electron chi connectivity index (χ0n) is 22.5. The second-order valence-corrected chi connectivity index (χ2v) is 7.93. The van der Waals surface area contributed by atoms with E-state index in [-0.39, 0.29) is 6.61 Å². The van der Waals surface area contributed by atoms with Crippen LogP contribution in [0, 0.1) is 0 Å². The van der Waals surface area contributed by atoms with Crippen LogP contribution in [-0.4, -0.2) is 87.5 Å². The molecule has 0 amide bonds. The van der Waals surface area contributed by atoms with Gasteiger partial charge in [0, 0.05) is 33.7 Å².